The molecule has 0 aromatic carbocycles. The van der Waals surface area contributed by atoms with Crippen LogP contribution >= 0.6 is 0 Å². The highest BCUT2D eigenvalue weighted by Gasteiger charge is 2.32. The Morgan fingerprint density at radius 1 is 1.48 bits per heavy atom. The molecule has 0 radical (unpaired) electrons. The summed E-state index contributed by atoms with van der Waals surface area (Å²) in [6, 6.07) is -0.592. The van der Waals surface area contributed by atoms with Crippen LogP contribution in [0.25, 0.3) is 0 Å². The van der Waals surface area contributed by atoms with Crippen LogP contribution in [0.15, 0.2) is 0 Å². The van der Waals surface area contributed by atoms with Crippen molar-refractivity contribution in [2.45, 2.75) is 26.4 Å². The molecule has 1 saturated heterocycles. The molecule has 2 heterocycles. The average Bonchev–Trinajstić information content (AvgIpc) is 2.73. The average molecular weight is 295 g/mol. The summed E-state index contributed by atoms with van der Waals surface area (Å²) in [6.07, 6.45) is 0. The number of hydrogen-bond acceptors (Lipinski definition) is 5. The molecular formula is C13H21N5O3. The first-order valence-electron chi connectivity index (χ1n) is 6.84. The molecule has 8 nitrogen and oxygen atoms in total. The van der Waals surface area contributed by atoms with Gasteiger partial charge < -0.3 is 20.7 Å². The number of aromatic nitrogens is 2. The number of ether oxygens (including phenoxy) is 1. The Hall–Kier alpha value is -2.09. The standard InChI is InChI=1S/C13H21N5O3/c1-8-12(14)9(2)18(16-8)6-11(19)17-4-5-21-7-10(17)13(20)15-3/h10H,4-7,14H2,1-3H3,(H,15,20). The molecule has 1 fully saturated rings. The Bertz CT molecular complexity index is 554. The van der Waals surface area contributed by atoms with Crippen molar-refractivity contribution in [3.63, 3.8) is 0 Å². The van der Waals surface area contributed by atoms with Gasteiger partial charge in [0.05, 0.1) is 30.3 Å². The van der Waals surface area contributed by atoms with Gasteiger partial charge in [-0.3, -0.25) is 14.3 Å². The molecule has 8 heteroatoms. The van der Waals surface area contributed by atoms with E-state index in [9.17, 15) is 9.59 Å². The molecule has 21 heavy (non-hydrogen) atoms. The van der Waals surface area contributed by atoms with Gasteiger partial charge in [0, 0.05) is 13.6 Å². The van der Waals surface area contributed by atoms with E-state index in [0.29, 0.717) is 24.5 Å². The summed E-state index contributed by atoms with van der Waals surface area (Å²) in [5.41, 5.74) is 7.91. The Morgan fingerprint density at radius 2 is 2.19 bits per heavy atom. The molecule has 0 spiro atoms. The quantitative estimate of drug-likeness (QED) is 0.749. The predicted octanol–water partition coefficient (Wildman–Crippen LogP) is -0.944. The molecule has 1 aliphatic rings. The van der Waals surface area contributed by atoms with Crippen LogP contribution in [0.4, 0.5) is 5.69 Å². The minimum atomic E-state index is -0.592. The number of rotatable bonds is 3. The molecule has 2 rings (SSSR count). The van der Waals surface area contributed by atoms with Crippen LogP contribution in [0, 0.1) is 13.8 Å². The molecule has 2 amide bonds. The molecule has 0 saturated carbocycles. The summed E-state index contributed by atoms with van der Waals surface area (Å²) in [5, 5.41) is 6.80. The van der Waals surface area contributed by atoms with Gasteiger partial charge in [-0.25, -0.2) is 0 Å². The second-order valence-electron chi connectivity index (χ2n) is 5.03. The number of nitrogen functional groups attached to an aromatic ring is 1. The first-order valence-corrected chi connectivity index (χ1v) is 6.84. The topological polar surface area (TPSA) is 102 Å². The highest BCUT2D eigenvalue weighted by atomic mass is 16.5. The molecule has 0 aliphatic carbocycles. The normalized spacial score (nSPS) is 18.6. The number of likely N-dealkylation sites (N-methyl/N-ethyl adjacent to an activating group) is 1. The first-order chi connectivity index (χ1) is 9.95. The van der Waals surface area contributed by atoms with E-state index in [1.54, 1.807) is 18.7 Å². The van der Waals surface area contributed by atoms with Gasteiger partial charge in [-0.15, -0.1) is 0 Å². The number of nitrogens with zero attached hydrogens (tertiary/aromatic N) is 3. The summed E-state index contributed by atoms with van der Waals surface area (Å²) in [5.74, 6) is -0.395. The van der Waals surface area contributed by atoms with Crippen molar-refractivity contribution in [3.05, 3.63) is 11.4 Å². The van der Waals surface area contributed by atoms with Crippen molar-refractivity contribution >= 4 is 17.5 Å². The Labute approximate surface area is 123 Å². The van der Waals surface area contributed by atoms with Crippen LogP contribution in [0.5, 0.6) is 0 Å². The van der Waals surface area contributed by atoms with Crippen molar-refractivity contribution in [2.24, 2.45) is 0 Å². The van der Waals surface area contributed by atoms with Crippen molar-refractivity contribution in [1.82, 2.24) is 20.0 Å². The lowest BCUT2D eigenvalue weighted by molar-refractivity contribution is -0.148. The molecule has 1 unspecified atom stereocenters. The van der Waals surface area contributed by atoms with Gasteiger partial charge in [0.15, 0.2) is 0 Å². The van der Waals surface area contributed by atoms with Crippen LogP contribution in [-0.2, 0) is 20.9 Å². The third-order valence-corrected chi connectivity index (χ3v) is 3.72. The third kappa shape index (κ3) is 2.99. The smallest absolute Gasteiger partial charge is 0.245 e. The highest BCUT2D eigenvalue weighted by Crippen LogP contribution is 2.16. The molecular weight excluding hydrogens is 274 g/mol. The van der Waals surface area contributed by atoms with Gasteiger partial charge in [0.2, 0.25) is 11.8 Å². The highest BCUT2D eigenvalue weighted by molar-refractivity contribution is 5.87. The van der Waals surface area contributed by atoms with Crippen molar-refractivity contribution in [3.8, 4) is 0 Å². The fourth-order valence-corrected chi connectivity index (χ4v) is 2.37. The summed E-state index contributed by atoms with van der Waals surface area (Å²) >= 11 is 0. The lowest BCUT2D eigenvalue weighted by Gasteiger charge is -2.34. The van der Waals surface area contributed by atoms with Gasteiger partial charge >= 0.3 is 0 Å². The van der Waals surface area contributed by atoms with Crippen LogP contribution in [0.1, 0.15) is 11.4 Å². The third-order valence-electron chi connectivity index (χ3n) is 3.72. The van der Waals surface area contributed by atoms with Crippen LogP contribution in [0.2, 0.25) is 0 Å². The maximum absolute atomic E-state index is 12.5. The monoisotopic (exact) mass is 295 g/mol. The molecule has 1 aromatic heterocycles. The van der Waals surface area contributed by atoms with E-state index in [1.165, 1.54) is 4.90 Å². The second kappa shape index (κ2) is 6.13. The Kier molecular flexibility index (Phi) is 4.46. The maximum Gasteiger partial charge on any atom is 0.245 e. The van der Waals surface area contributed by atoms with Gasteiger partial charge in [0.25, 0.3) is 0 Å². The first kappa shape index (κ1) is 15.3. The van der Waals surface area contributed by atoms with Crippen LogP contribution < -0.4 is 11.1 Å². The van der Waals surface area contributed by atoms with E-state index in [0.717, 1.165) is 5.69 Å². The zero-order valence-electron chi connectivity index (χ0n) is 12.5. The number of anilines is 1. The Morgan fingerprint density at radius 3 is 2.76 bits per heavy atom. The zero-order chi connectivity index (χ0) is 15.6. The number of carbonyl (C=O) groups is 2. The van der Waals surface area contributed by atoms with Crippen LogP contribution in [-0.4, -0.2) is 59.3 Å². The molecule has 1 atom stereocenters. The summed E-state index contributed by atoms with van der Waals surface area (Å²) in [7, 11) is 1.54. The van der Waals surface area contributed by atoms with Gasteiger partial charge in [-0.05, 0) is 13.8 Å². The van der Waals surface area contributed by atoms with Gasteiger partial charge in [-0.2, -0.15) is 5.10 Å². The Balaban J connectivity index is 2.14. The van der Waals surface area contributed by atoms with E-state index < -0.39 is 6.04 Å². The lowest BCUT2D eigenvalue weighted by atomic mass is 10.2. The summed E-state index contributed by atoms with van der Waals surface area (Å²) in [6.45, 7) is 4.72. The van der Waals surface area contributed by atoms with E-state index in [1.807, 2.05) is 6.92 Å². The molecule has 0 bridgehead atoms. The number of nitrogens with one attached hydrogen (secondary N) is 1. The minimum Gasteiger partial charge on any atom is -0.396 e. The predicted molar refractivity (Wildman–Crippen MR) is 76.5 cm³/mol. The van der Waals surface area contributed by atoms with E-state index in [4.69, 9.17) is 10.5 Å². The molecule has 3 N–H and O–H groups in total. The van der Waals surface area contributed by atoms with Gasteiger partial charge in [0.1, 0.15) is 12.6 Å². The number of aryl methyl sites for hydroxylation is 1. The van der Waals surface area contributed by atoms with Crippen molar-refractivity contribution in [1.29, 1.82) is 0 Å². The largest absolute Gasteiger partial charge is 0.396 e. The maximum atomic E-state index is 12.5. The number of amides is 2. The fraction of sp³-hybridized carbons (Fsp3) is 0.615. The number of hydrogen-bond donors (Lipinski definition) is 2. The lowest BCUT2D eigenvalue weighted by Crippen LogP contribution is -2.56. The number of morpholine rings is 1. The molecule has 1 aliphatic heterocycles. The van der Waals surface area contributed by atoms with E-state index >= 15 is 0 Å². The van der Waals surface area contributed by atoms with Gasteiger partial charge in [-0.1, -0.05) is 0 Å². The zero-order valence-corrected chi connectivity index (χ0v) is 12.5. The van der Waals surface area contributed by atoms with Crippen molar-refractivity contribution in [2.75, 3.05) is 32.5 Å². The van der Waals surface area contributed by atoms with Crippen molar-refractivity contribution < 1.29 is 14.3 Å². The minimum absolute atomic E-state index is 0.0668. The summed E-state index contributed by atoms with van der Waals surface area (Å²) in [4.78, 5) is 25.8. The number of carbonyl (C=O) groups excluding carboxylic acids is 2. The fourth-order valence-electron chi connectivity index (χ4n) is 2.37. The molecule has 116 valence electrons. The van der Waals surface area contributed by atoms with E-state index in [2.05, 4.69) is 10.4 Å². The van der Waals surface area contributed by atoms with E-state index in [-0.39, 0.29) is 25.0 Å². The summed E-state index contributed by atoms with van der Waals surface area (Å²) < 4.78 is 6.86. The number of nitrogens with two attached hydrogens (primary N) is 1. The second-order valence-corrected chi connectivity index (χ2v) is 5.03. The molecule has 1 aromatic rings. The SMILES string of the molecule is CNC(=O)C1COCCN1C(=O)Cn1nc(C)c(N)c1C. The van der Waals surface area contributed by atoms with Crippen LogP contribution in [0.3, 0.4) is 0 Å².